The quantitative estimate of drug-likeness (QED) is 0.202. The van der Waals surface area contributed by atoms with Gasteiger partial charge in [-0.05, 0) is 49.9 Å². The molecule has 5 aromatic rings. The van der Waals surface area contributed by atoms with Crippen LogP contribution in [0.1, 0.15) is 55.0 Å². The molecule has 42 heavy (non-hydrogen) atoms. The van der Waals surface area contributed by atoms with Crippen LogP contribution < -0.4 is 10.5 Å². The molecule has 0 aliphatic carbocycles. The van der Waals surface area contributed by atoms with E-state index in [1.54, 1.807) is 24.0 Å². The Bertz CT molecular complexity index is 1650. The molecule has 0 saturated carbocycles. The molecular formula is C30H35N9O3. The third kappa shape index (κ3) is 5.79. The number of fused-ring (bicyclic) bond motifs is 1. The Morgan fingerprint density at radius 3 is 2.64 bits per heavy atom. The molecule has 4 N–H and O–H groups in total. The average Bonchev–Trinajstić information content (AvgIpc) is 3.71. The summed E-state index contributed by atoms with van der Waals surface area (Å²) in [6, 6.07) is 11.3. The fourth-order valence-electron chi connectivity index (χ4n) is 5.19. The number of benzene rings is 1. The number of aliphatic hydroxyl groups excluding tert-OH is 1. The van der Waals surface area contributed by atoms with Gasteiger partial charge >= 0.3 is 0 Å². The summed E-state index contributed by atoms with van der Waals surface area (Å²) < 4.78 is 6.93. The third-order valence-electron chi connectivity index (χ3n) is 7.36. The first-order chi connectivity index (χ1) is 20.5. The Balaban J connectivity index is 1.38. The molecule has 0 bridgehead atoms. The Hall–Kier alpha value is -4.84. The predicted molar refractivity (Wildman–Crippen MR) is 159 cm³/mol. The Kier molecular flexibility index (Phi) is 8.72. The van der Waals surface area contributed by atoms with Crippen LogP contribution in [-0.4, -0.2) is 70.4 Å². The van der Waals surface area contributed by atoms with Crippen molar-refractivity contribution in [2.24, 2.45) is 0 Å². The van der Waals surface area contributed by atoms with Gasteiger partial charge in [0, 0.05) is 52.8 Å². The molecule has 218 valence electrons. The van der Waals surface area contributed by atoms with Gasteiger partial charge in [-0.25, -0.2) is 9.97 Å². The van der Waals surface area contributed by atoms with Crippen LogP contribution in [0.15, 0.2) is 55.1 Å². The predicted octanol–water partition coefficient (Wildman–Crippen LogP) is 3.92. The molecular weight excluding hydrogens is 534 g/mol. The van der Waals surface area contributed by atoms with Gasteiger partial charge in [0.05, 0.1) is 25.6 Å². The number of ether oxygens (including phenoxy) is 1. The highest BCUT2D eigenvalue weighted by Gasteiger charge is 2.25. The van der Waals surface area contributed by atoms with E-state index in [0.29, 0.717) is 35.7 Å². The number of nitrogen functional groups attached to an aromatic ring is 1. The van der Waals surface area contributed by atoms with Crippen molar-refractivity contribution in [1.82, 2.24) is 39.7 Å². The normalized spacial score (nSPS) is 12.0. The van der Waals surface area contributed by atoms with Crippen molar-refractivity contribution in [3.05, 3.63) is 72.2 Å². The number of anilines is 1. The van der Waals surface area contributed by atoms with Crippen LogP contribution >= 0.6 is 0 Å². The van der Waals surface area contributed by atoms with E-state index in [-0.39, 0.29) is 24.4 Å². The summed E-state index contributed by atoms with van der Waals surface area (Å²) in [7, 11) is 1.58. The van der Waals surface area contributed by atoms with Gasteiger partial charge in [0.25, 0.3) is 5.91 Å². The second-order valence-electron chi connectivity index (χ2n) is 10.0. The number of methoxy groups -OCH3 is 1. The summed E-state index contributed by atoms with van der Waals surface area (Å²) in [5.74, 6) is 1.21. The fraction of sp³-hybridized carbons (Fsp3) is 0.333. The molecule has 4 aromatic heterocycles. The number of pyridine rings is 1. The van der Waals surface area contributed by atoms with Gasteiger partial charge in [-0.2, -0.15) is 14.7 Å². The highest BCUT2D eigenvalue weighted by Crippen LogP contribution is 2.29. The van der Waals surface area contributed by atoms with Crippen LogP contribution in [0.2, 0.25) is 0 Å². The number of amides is 1. The number of H-pyrrole nitrogens is 1. The lowest BCUT2D eigenvalue weighted by atomic mass is 10.0. The molecule has 5 rings (SSSR count). The molecule has 1 aromatic carbocycles. The SMILES string of the molecule is CCCN(C(=O)c1ncn[nH]1)[C@H](CC)CCc1cc(N)n2ncc(-c3ccc(-c4ccc(OC)c(CO)c4)nc3)c2n1. The monoisotopic (exact) mass is 569 g/mol. The first kappa shape index (κ1) is 28.7. The number of aromatic amines is 1. The molecule has 0 saturated heterocycles. The molecule has 0 aliphatic rings. The molecule has 0 unspecified atom stereocenters. The van der Waals surface area contributed by atoms with Crippen molar-refractivity contribution < 1.29 is 14.6 Å². The molecule has 0 fully saturated rings. The van der Waals surface area contributed by atoms with Gasteiger partial charge in [0.15, 0.2) is 5.65 Å². The number of aryl methyl sites for hydroxylation is 1. The van der Waals surface area contributed by atoms with Gasteiger partial charge in [0.1, 0.15) is 17.9 Å². The number of rotatable bonds is 12. The van der Waals surface area contributed by atoms with E-state index in [9.17, 15) is 9.90 Å². The second kappa shape index (κ2) is 12.8. The Labute approximate surface area is 243 Å². The van der Waals surface area contributed by atoms with E-state index in [4.69, 9.17) is 15.5 Å². The lowest BCUT2D eigenvalue weighted by Gasteiger charge is -2.30. The smallest absolute Gasteiger partial charge is 0.291 e. The number of aliphatic hydroxyl groups is 1. The lowest BCUT2D eigenvalue weighted by Crippen LogP contribution is -2.41. The van der Waals surface area contributed by atoms with Gasteiger partial charge in [-0.3, -0.25) is 14.9 Å². The number of nitrogens with one attached hydrogen (secondary N) is 1. The van der Waals surface area contributed by atoms with Crippen molar-refractivity contribution in [3.8, 4) is 28.1 Å². The summed E-state index contributed by atoms with van der Waals surface area (Å²) in [5.41, 5.74) is 11.9. The van der Waals surface area contributed by atoms with E-state index in [0.717, 1.165) is 47.3 Å². The largest absolute Gasteiger partial charge is 0.496 e. The number of aromatic nitrogens is 7. The molecule has 12 heteroatoms. The number of nitrogens with zero attached hydrogens (tertiary/aromatic N) is 7. The first-order valence-electron chi connectivity index (χ1n) is 14.0. The van der Waals surface area contributed by atoms with Crippen LogP contribution in [0.3, 0.4) is 0 Å². The number of hydrogen-bond donors (Lipinski definition) is 3. The molecule has 0 radical (unpaired) electrons. The van der Waals surface area contributed by atoms with Gasteiger partial charge in [-0.15, -0.1) is 0 Å². The van der Waals surface area contributed by atoms with Crippen molar-refractivity contribution in [1.29, 1.82) is 0 Å². The Morgan fingerprint density at radius 1 is 1.14 bits per heavy atom. The minimum atomic E-state index is -0.152. The van der Waals surface area contributed by atoms with Gasteiger partial charge in [-0.1, -0.05) is 19.9 Å². The van der Waals surface area contributed by atoms with Gasteiger partial charge in [0.2, 0.25) is 5.82 Å². The van der Waals surface area contributed by atoms with E-state index < -0.39 is 0 Å². The van der Waals surface area contributed by atoms with Crippen molar-refractivity contribution in [2.75, 3.05) is 19.4 Å². The average molecular weight is 570 g/mol. The Morgan fingerprint density at radius 2 is 1.98 bits per heavy atom. The zero-order valence-electron chi connectivity index (χ0n) is 24.0. The standard InChI is InChI=1S/C30H35N9O3/c1-4-12-38(30(41)28-33-18-34-37-28)23(5-2)9-8-22-14-27(31)39-29(36-22)24(16-35-39)20-6-10-25(32-15-20)19-7-11-26(42-3)21(13-19)17-40/h6-7,10-11,13-16,18,23,40H,4-5,8-9,12,17,31H2,1-3H3,(H,33,34,37)/t23-/m1/s1. The van der Waals surface area contributed by atoms with Crippen molar-refractivity contribution in [3.63, 3.8) is 0 Å². The zero-order chi connectivity index (χ0) is 29.6. The summed E-state index contributed by atoms with van der Waals surface area (Å²) in [5, 5.41) is 20.7. The van der Waals surface area contributed by atoms with E-state index >= 15 is 0 Å². The molecule has 4 heterocycles. The van der Waals surface area contributed by atoms with E-state index in [1.807, 2.05) is 41.3 Å². The van der Waals surface area contributed by atoms with Crippen molar-refractivity contribution >= 4 is 17.4 Å². The number of carbonyl (C=O) groups is 1. The highest BCUT2D eigenvalue weighted by atomic mass is 16.5. The van der Waals surface area contributed by atoms with Crippen LogP contribution in [0, 0.1) is 0 Å². The number of nitrogens with two attached hydrogens (primary N) is 1. The van der Waals surface area contributed by atoms with Crippen LogP contribution in [0.4, 0.5) is 5.82 Å². The van der Waals surface area contributed by atoms with E-state index in [2.05, 4.69) is 39.1 Å². The topological polar surface area (TPSA) is 160 Å². The number of hydrogen-bond acceptors (Lipinski definition) is 9. The molecule has 0 spiro atoms. The third-order valence-corrected chi connectivity index (χ3v) is 7.36. The minimum Gasteiger partial charge on any atom is -0.496 e. The first-order valence-corrected chi connectivity index (χ1v) is 14.0. The summed E-state index contributed by atoms with van der Waals surface area (Å²) in [4.78, 5) is 28.6. The van der Waals surface area contributed by atoms with Gasteiger partial charge < -0.3 is 20.5 Å². The maximum absolute atomic E-state index is 13.1. The summed E-state index contributed by atoms with van der Waals surface area (Å²) >= 11 is 0. The molecule has 1 atom stereocenters. The molecule has 0 aliphatic heterocycles. The maximum atomic E-state index is 13.1. The van der Waals surface area contributed by atoms with Crippen LogP contribution in [0.25, 0.3) is 28.0 Å². The summed E-state index contributed by atoms with van der Waals surface area (Å²) in [6.45, 7) is 4.63. The second-order valence-corrected chi connectivity index (χ2v) is 10.0. The number of carbonyl (C=O) groups excluding carboxylic acids is 1. The maximum Gasteiger partial charge on any atom is 0.291 e. The zero-order valence-corrected chi connectivity index (χ0v) is 24.0. The molecule has 12 nitrogen and oxygen atoms in total. The minimum absolute atomic E-state index is 0.00669. The van der Waals surface area contributed by atoms with E-state index in [1.165, 1.54) is 6.33 Å². The van der Waals surface area contributed by atoms with Crippen molar-refractivity contribution in [2.45, 2.75) is 52.2 Å². The fourth-order valence-corrected chi connectivity index (χ4v) is 5.19. The van der Waals surface area contributed by atoms with Crippen LogP contribution in [-0.2, 0) is 13.0 Å². The molecule has 1 amide bonds. The highest BCUT2D eigenvalue weighted by molar-refractivity contribution is 5.90. The van der Waals surface area contributed by atoms with Crippen LogP contribution in [0.5, 0.6) is 5.75 Å². The summed E-state index contributed by atoms with van der Waals surface area (Å²) in [6.07, 6.45) is 7.85. The lowest BCUT2D eigenvalue weighted by molar-refractivity contribution is 0.0650.